The summed E-state index contributed by atoms with van der Waals surface area (Å²) in [6.07, 6.45) is 2.32. The molecule has 0 amide bonds. The first-order chi connectivity index (χ1) is 10.1. The third-order valence-electron chi connectivity index (χ3n) is 3.55. The van der Waals surface area contributed by atoms with E-state index < -0.39 is 0 Å². The molecule has 0 heterocycles. The molecule has 2 rings (SSSR count). The van der Waals surface area contributed by atoms with Gasteiger partial charge in [-0.3, -0.25) is 0 Å². The molecule has 1 N–H and O–H groups in total. The zero-order chi connectivity index (χ0) is 15.2. The van der Waals surface area contributed by atoms with E-state index >= 15 is 0 Å². The first kappa shape index (κ1) is 15.9. The lowest BCUT2D eigenvalue weighted by Crippen LogP contribution is -2.06. The van der Waals surface area contributed by atoms with Crippen LogP contribution in [-0.2, 0) is 6.42 Å². The van der Waals surface area contributed by atoms with E-state index in [0.717, 1.165) is 22.3 Å². The highest BCUT2D eigenvalue weighted by Crippen LogP contribution is 2.29. The second kappa shape index (κ2) is 7.51. The lowest BCUT2D eigenvalue weighted by molar-refractivity contribution is 0.412. The molecule has 1 atom stereocenters. The molecule has 0 aliphatic heterocycles. The van der Waals surface area contributed by atoms with Gasteiger partial charge in [0.25, 0.3) is 0 Å². The Balaban J connectivity index is 2.06. The van der Waals surface area contributed by atoms with Crippen LogP contribution in [0.15, 0.2) is 46.9 Å². The minimum Gasteiger partial charge on any atom is -0.496 e. The number of anilines is 1. The highest BCUT2D eigenvalue weighted by atomic mass is 79.9. The Morgan fingerprint density at radius 3 is 2.43 bits per heavy atom. The number of halogens is 1. The van der Waals surface area contributed by atoms with Crippen molar-refractivity contribution in [1.29, 1.82) is 0 Å². The summed E-state index contributed by atoms with van der Waals surface area (Å²) in [7, 11) is 1.68. The summed E-state index contributed by atoms with van der Waals surface area (Å²) in [5.41, 5.74) is 3.76. The summed E-state index contributed by atoms with van der Waals surface area (Å²) in [5.74, 6) is 0.856. The van der Waals surface area contributed by atoms with E-state index in [1.807, 2.05) is 6.07 Å². The minimum atomic E-state index is 0.240. The lowest BCUT2D eigenvalue weighted by Gasteiger charge is -2.17. The average Bonchev–Trinajstić information content (AvgIpc) is 2.49. The van der Waals surface area contributed by atoms with Crippen LogP contribution in [0, 0.1) is 0 Å². The molecule has 2 nitrogen and oxygen atoms in total. The molecule has 0 bridgehead atoms. The van der Waals surface area contributed by atoms with Gasteiger partial charge in [0.05, 0.1) is 11.6 Å². The molecule has 0 fully saturated rings. The number of hydrogen-bond donors (Lipinski definition) is 1. The second-order valence-electron chi connectivity index (χ2n) is 5.21. The lowest BCUT2D eigenvalue weighted by atomic mass is 10.1. The predicted molar refractivity (Wildman–Crippen MR) is 93.2 cm³/mol. The highest BCUT2D eigenvalue weighted by molar-refractivity contribution is 9.10. The molecule has 112 valence electrons. The molecular weight excluding hydrogens is 326 g/mol. The van der Waals surface area contributed by atoms with Gasteiger partial charge >= 0.3 is 0 Å². The first-order valence-electron chi connectivity index (χ1n) is 7.33. The van der Waals surface area contributed by atoms with Crippen molar-refractivity contribution < 1.29 is 4.74 Å². The minimum absolute atomic E-state index is 0.240. The normalized spacial score (nSPS) is 12.0. The Morgan fingerprint density at radius 1 is 1.14 bits per heavy atom. The molecule has 21 heavy (non-hydrogen) atoms. The first-order valence-corrected chi connectivity index (χ1v) is 8.12. The smallest absolute Gasteiger partial charge is 0.133 e. The maximum absolute atomic E-state index is 5.27. The van der Waals surface area contributed by atoms with E-state index in [4.69, 9.17) is 4.74 Å². The molecule has 0 aliphatic carbocycles. The van der Waals surface area contributed by atoms with Gasteiger partial charge in [0.1, 0.15) is 5.75 Å². The van der Waals surface area contributed by atoms with Crippen LogP contribution in [0.3, 0.4) is 0 Å². The van der Waals surface area contributed by atoms with E-state index in [1.54, 1.807) is 7.11 Å². The van der Waals surface area contributed by atoms with Crippen LogP contribution in [0.1, 0.15) is 37.4 Å². The van der Waals surface area contributed by atoms with Crippen molar-refractivity contribution >= 4 is 21.6 Å². The van der Waals surface area contributed by atoms with E-state index in [2.05, 4.69) is 71.5 Å². The van der Waals surface area contributed by atoms with Crippen molar-refractivity contribution in [1.82, 2.24) is 0 Å². The van der Waals surface area contributed by atoms with Crippen LogP contribution < -0.4 is 10.1 Å². The zero-order valence-corrected chi connectivity index (χ0v) is 14.4. The maximum atomic E-state index is 5.27. The molecule has 2 aromatic rings. The number of ether oxygens (including phenoxy) is 1. The SMILES string of the molecule is CCCc1ccc(NC(C)c2ccc(OC)c(Br)c2)cc1. The maximum Gasteiger partial charge on any atom is 0.133 e. The van der Waals surface area contributed by atoms with Crippen LogP contribution in [-0.4, -0.2) is 7.11 Å². The number of benzene rings is 2. The fourth-order valence-corrected chi connectivity index (χ4v) is 2.90. The van der Waals surface area contributed by atoms with Crippen molar-refractivity contribution in [3.63, 3.8) is 0 Å². The number of hydrogen-bond acceptors (Lipinski definition) is 2. The standard InChI is InChI=1S/C18H22BrNO/c1-4-5-14-6-9-16(10-7-14)20-13(2)15-8-11-18(21-3)17(19)12-15/h6-13,20H,4-5H2,1-3H3. The number of nitrogens with one attached hydrogen (secondary N) is 1. The fourth-order valence-electron chi connectivity index (χ4n) is 2.34. The van der Waals surface area contributed by atoms with Crippen LogP contribution in [0.5, 0.6) is 5.75 Å². The predicted octanol–water partition coefficient (Wildman–Crippen LogP) is 5.58. The van der Waals surface area contributed by atoms with Crippen molar-refractivity contribution in [3.8, 4) is 5.75 Å². The number of rotatable bonds is 6. The molecule has 1 unspecified atom stereocenters. The van der Waals surface area contributed by atoms with Crippen molar-refractivity contribution in [2.24, 2.45) is 0 Å². The van der Waals surface area contributed by atoms with Crippen molar-refractivity contribution in [2.75, 3.05) is 12.4 Å². The molecule has 0 aliphatic rings. The zero-order valence-electron chi connectivity index (χ0n) is 12.8. The second-order valence-corrected chi connectivity index (χ2v) is 6.06. The largest absolute Gasteiger partial charge is 0.496 e. The third kappa shape index (κ3) is 4.24. The van der Waals surface area contributed by atoms with Gasteiger partial charge in [-0.25, -0.2) is 0 Å². The molecule has 2 aromatic carbocycles. The Bertz CT molecular complexity index is 580. The van der Waals surface area contributed by atoms with Gasteiger partial charge in [0.15, 0.2) is 0 Å². The Morgan fingerprint density at radius 2 is 1.86 bits per heavy atom. The fraction of sp³-hybridized carbons (Fsp3) is 0.333. The third-order valence-corrected chi connectivity index (χ3v) is 4.17. The summed E-state index contributed by atoms with van der Waals surface area (Å²) in [4.78, 5) is 0. The summed E-state index contributed by atoms with van der Waals surface area (Å²) >= 11 is 3.54. The summed E-state index contributed by atoms with van der Waals surface area (Å²) < 4.78 is 6.25. The van der Waals surface area contributed by atoms with E-state index in [-0.39, 0.29) is 6.04 Å². The van der Waals surface area contributed by atoms with Crippen molar-refractivity contribution in [3.05, 3.63) is 58.1 Å². The van der Waals surface area contributed by atoms with Crippen molar-refractivity contribution in [2.45, 2.75) is 32.7 Å². The molecule has 3 heteroatoms. The molecule has 0 saturated heterocycles. The van der Waals surface area contributed by atoms with Gasteiger partial charge in [0.2, 0.25) is 0 Å². The van der Waals surface area contributed by atoms with Gasteiger partial charge in [-0.1, -0.05) is 31.5 Å². The Hall–Kier alpha value is -1.48. The van der Waals surface area contributed by atoms with E-state index in [1.165, 1.54) is 17.5 Å². The Kier molecular flexibility index (Phi) is 5.68. The van der Waals surface area contributed by atoms with E-state index in [0.29, 0.717) is 0 Å². The highest BCUT2D eigenvalue weighted by Gasteiger charge is 2.08. The molecule has 0 spiro atoms. The number of aryl methyl sites for hydroxylation is 1. The Labute approximate surface area is 135 Å². The van der Waals surface area contributed by atoms with Gasteiger partial charge in [-0.2, -0.15) is 0 Å². The summed E-state index contributed by atoms with van der Waals surface area (Å²) in [5, 5.41) is 3.53. The summed E-state index contributed by atoms with van der Waals surface area (Å²) in [6, 6.07) is 15.1. The summed E-state index contributed by atoms with van der Waals surface area (Å²) in [6.45, 7) is 4.37. The van der Waals surface area contributed by atoms with Crippen LogP contribution in [0.4, 0.5) is 5.69 Å². The van der Waals surface area contributed by atoms with Gasteiger partial charge < -0.3 is 10.1 Å². The molecular formula is C18H22BrNO. The van der Waals surface area contributed by atoms with Crippen LogP contribution >= 0.6 is 15.9 Å². The quantitative estimate of drug-likeness (QED) is 0.735. The molecule has 0 radical (unpaired) electrons. The molecule has 0 aromatic heterocycles. The topological polar surface area (TPSA) is 21.3 Å². The van der Waals surface area contributed by atoms with Gasteiger partial charge in [0, 0.05) is 11.7 Å². The monoisotopic (exact) mass is 347 g/mol. The van der Waals surface area contributed by atoms with E-state index in [9.17, 15) is 0 Å². The van der Waals surface area contributed by atoms with Gasteiger partial charge in [-0.05, 0) is 64.7 Å². The van der Waals surface area contributed by atoms with Gasteiger partial charge in [-0.15, -0.1) is 0 Å². The number of methoxy groups -OCH3 is 1. The van der Waals surface area contributed by atoms with Crippen LogP contribution in [0.25, 0.3) is 0 Å². The average molecular weight is 348 g/mol. The molecule has 0 saturated carbocycles. The van der Waals surface area contributed by atoms with Crippen LogP contribution in [0.2, 0.25) is 0 Å².